The number of likely N-dealkylation sites (N-methyl/N-ethyl adjacent to an activating group) is 2. The van der Waals surface area contributed by atoms with Gasteiger partial charge in [-0.3, -0.25) is 9.59 Å². The summed E-state index contributed by atoms with van der Waals surface area (Å²) in [6.07, 6.45) is 1.90. The summed E-state index contributed by atoms with van der Waals surface area (Å²) in [5.41, 5.74) is 0. The van der Waals surface area contributed by atoms with E-state index in [0.717, 1.165) is 19.4 Å². The molecular weight excluding hydrogens is 182 g/mol. The van der Waals surface area contributed by atoms with Crippen LogP contribution in [0.2, 0.25) is 0 Å². The van der Waals surface area contributed by atoms with E-state index in [1.54, 1.807) is 14.1 Å². The summed E-state index contributed by atoms with van der Waals surface area (Å²) >= 11 is 0. The van der Waals surface area contributed by atoms with Crippen molar-refractivity contribution in [2.24, 2.45) is 0 Å². The topological polar surface area (TPSA) is 61.4 Å². The molecule has 1 heterocycles. The number of carbonyl (C=O) groups is 2. The van der Waals surface area contributed by atoms with Crippen molar-refractivity contribution in [2.75, 3.05) is 27.2 Å². The number of amides is 2. The molecule has 80 valence electrons. The number of hydrogen-bond acceptors (Lipinski definition) is 3. The first-order valence-corrected chi connectivity index (χ1v) is 4.84. The molecule has 0 radical (unpaired) electrons. The molecule has 2 N–H and O–H groups in total. The Morgan fingerprint density at radius 3 is 2.79 bits per heavy atom. The van der Waals surface area contributed by atoms with Gasteiger partial charge in [0.1, 0.15) is 0 Å². The molecule has 0 unspecified atom stereocenters. The van der Waals surface area contributed by atoms with E-state index in [-0.39, 0.29) is 24.4 Å². The highest BCUT2D eigenvalue weighted by molar-refractivity contribution is 5.87. The van der Waals surface area contributed by atoms with Crippen molar-refractivity contribution in [2.45, 2.75) is 18.9 Å². The minimum absolute atomic E-state index is 0.00565. The molecule has 0 aliphatic carbocycles. The Morgan fingerprint density at radius 2 is 2.29 bits per heavy atom. The summed E-state index contributed by atoms with van der Waals surface area (Å²) in [5.74, 6) is -0.134. The molecule has 5 heteroatoms. The zero-order chi connectivity index (χ0) is 10.6. The van der Waals surface area contributed by atoms with Gasteiger partial charge in [0.25, 0.3) is 0 Å². The first kappa shape index (κ1) is 11.0. The van der Waals surface area contributed by atoms with Crippen molar-refractivity contribution in [1.29, 1.82) is 0 Å². The van der Waals surface area contributed by atoms with Gasteiger partial charge in [-0.2, -0.15) is 0 Å². The Bertz CT molecular complexity index is 224. The molecule has 1 aliphatic heterocycles. The fourth-order valence-electron chi connectivity index (χ4n) is 1.53. The predicted octanol–water partition coefficient (Wildman–Crippen LogP) is -1.06. The van der Waals surface area contributed by atoms with Crippen LogP contribution in [0.15, 0.2) is 0 Å². The lowest BCUT2D eigenvalue weighted by Gasteiger charge is -2.20. The highest BCUT2D eigenvalue weighted by Crippen LogP contribution is 2.07. The van der Waals surface area contributed by atoms with Gasteiger partial charge in [-0.25, -0.2) is 0 Å². The van der Waals surface area contributed by atoms with Crippen LogP contribution in [0, 0.1) is 0 Å². The second kappa shape index (κ2) is 4.95. The minimum Gasteiger partial charge on any atom is -0.358 e. The number of nitrogens with one attached hydrogen (secondary N) is 2. The SMILES string of the molecule is CNC(=O)CN(C)C(=O)[C@H]1CCCN1. The summed E-state index contributed by atoms with van der Waals surface area (Å²) in [5, 5.41) is 5.59. The van der Waals surface area contributed by atoms with Gasteiger partial charge in [-0.15, -0.1) is 0 Å². The van der Waals surface area contributed by atoms with Crippen molar-refractivity contribution in [3.05, 3.63) is 0 Å². The average Bonchev–Trinajstić information content (AvgIpc) is 2.69. The lowest BCUT2D eigenvalue weighted by molar-refractivity contribution is -0.135. The van der Waals surface area contributed by atoms with Gasteiger partial charge in [0.05, 0.1) is 12.6 Å². The predicted molar refractivity (Wildman–Crippen MR) is 52.7 cm³/mol. The monoisotopic (exact) mass is 199 g/mol. The molecule has 1 atom stereocenters. The fraction of sp³-hybridized carbons (Fsp3) is 0.778. The Hall–Kier alpha value is -1.10. The summed E-state index contributed by atoms with van der Waals surface area (Å²) in [7, 11) is 3.21. The summed E-state index contributed by atoms with van der Waals surface area (Å²) in [6.45, 7) is 1.03. The number of carbonyl (C=O) groups excluding carboxylic acids is 2. The third kappa shape index (κ3) is 2.70. The molecule has 0 aromatic rings. The first-order chi connectivity index (χ1) is 6.65. The molecule has 0 saturated carbocycles. The van der Waals surface area contributed by atoms with Gasteiger partial charge in [0, 0.05) is 14.1 Å². The van der Waals surface area contributed by atoms with E-state index in [1.807, 2.05) is 0 Å². The third-order valence-corrected chi connectivity index (χ3v) is 2.39. The molecule has 5 nitrogen and oxygen atoms in total. The largest absolute Gasteiger partial charge is 0.358 e. The van der Waals surface area contributed by atoms with Crippen molar-refractivity contribution in [3.63, 3.8) is 0 Å². The van der Waals surface area contributed by atoms with Crippen LogP contribution in [-0.4, -0.2) is 49.9 Å². The van der Waals surface area contributed by atoms with Crippen LogP contribution in [0.5, 0.6) is 0 Å². The molecule has 1 fully saturated rings. The van der Waals surface area contributed by atoms with Crippen LogP contribution >= 0.6 is 0 Å². The van der Waals surface area contributed by atoms with Gasteiger partial charge in [0.2, 0.25) is 11.8 Å². The van der Waals surface area contributed by atoms with Crippen molar-refractivity contribution in [3.8, 4) is 0 Å². The number of hydrogen-bond donors (Lipinski definition) is 2. The van der Waals surface area contributed by atoms with E-state index in [9.17, 15) is 9.59 Å². The second-order valence-corrected chi connectivity index (χ2v) is 3.52. The van der Waals surface area contributed by atoms with E-state index in [2.05, 4.69) is 10.6 Å². The van der Waals surface area contributed by atoms with Crippen LogP contribution in [-0.2, 0) is 9.59 Å². The molecule has 2 amide bonds. The van der Waals surface area contributed by atoms with Gasteiger partial charge in [0.15, 0.2) is 0 Å². The Kier molecular flexibility index (Phi) is 3.88. The van der Waals surface area contributed by atoms with Crippen LogP contribution in [0.4, 0.5) is 0 Å². The molecular formula is C9H17N3O2. The zero-order valence-corrected chi connectivity index (χ0v) is 8.67. The smallest absolute Gasteiger partial charge is 0.239 e. The molecule has 1 aliphatic rings. The van der Waals surface area contributed by atoms with Gasteiger partial charge in [-0.05, 0) is 19.4 Å². The van der Waals surface area contributed by atoms with E-state index < -0.39 is 0 Å². The summed E-state index contributed by atoms with van der Waals surface area (Å²) in [4.78, 5) is 24.2. The Balaban J connectivity index is 2.39. The lowest BCUT2D eigenvalue weighted by Crippen LogP contribution is -2.45. The van der Waals surface area contributed by atoms with E-state index in [1.165, 1.54) is 4.90 Å². The molecule has 0 bridgehead atoms. The Labute approximate surface area is 83.8 Å². The average molecular weight is 199 g/mol. The van der Waals surface area contributed by atoms with Crippen LogP contribution < -0.4 is 10.6 Å². The molecule has 1 rings (SSSR count). The standard InChI is InChI=1S/C9H17N3O2/c1-10-8(13)6-12(2)9(14)7-4-3-5-11-7/h7,11H,3-6H2,1-2H3,(H,10,13)/t7-/m1/s1. The van der Waals surface area contributed by atoms with Crippen molar-refractivity contribution < 1.29 is 9.59 Å². The van der Waals surface area contributed by atoms with Crippen molar-refractivity contribution >= 4 is 11.8 Å². The van der Waals surface area contributed by atoms with E-state index >= 15 is 0 Å². The highest BCUT2D eigenvalue weighted by Gasteiger charge is 2.25. The lowest BCUT2D eigenvalue weighted by atomic mass is 10.2. The van der Waals surface area contributed by atoms with Crippen molar-refractivity contribution in [1.82, 2.24) is 15.5 Å². The van der Waals surface area contributed by atoms with Crippen LogP contribution in [0.25, 0.3) is 0 Å². The van der Waals surface area contributed by atoms with E-state index in [0.29, 0.717) is 0 Å². The van der Waals surface area contributed by atoms with Crippen LogP contribution in [0.3, 0.4) is 0 Å². The number of rotatable bonds is 3. The molecule has 14 heavy (non-hydrogen) atoms. The first-order valence-electron chi connectivity index (χ1n) is 4.84. The molecule has 1 saturated heterocycles. The molecule has 0 aromatic heterocycles. The second-order valence-electron chi connectivity index (χ2n) is 3.52. The maximum absolute atomic E-state index is 11.7. The maximum Gasteiger partial charge on any atom is 0.239 e. The third-order valence-electron chi connectivity index (χ3n) is 2.39. The van der Waals surface area contributed by atoms with Gasteiger partial charge in [-0.1, -0.05) is 0 Å². The summed E-state index contributed by atoms with van der Waals surface area (Å²) < 4.78 is 0. The fourth-order valence-corrected chi connectivity index (χ4v) is 1.53. The summed E-state index contributed by atoms with van der Waals surface area (Å²) in [6, 6.07) is -0.0929. The van der Waals surface area contributed by atoms with Gasteiger partial charge < -0.3 is 15.5 Å². The normalized spacial score (nSPS) is 20.6. The molecule has 0 spiro atoms. The molecule has 0 aromatic carbocycles. The zero-order valence-electron chi connectivity index (χ0n) is 8.67. The van der Waals surface area contributed by atoms with Crippen LogP contribution in [0.1, 0.15) is 12.8 Å². The van der Waals surface area contributed by atoms with E-state index in [4.69, 9.17) is 0 Å². The minimum atomic E-state index is -0.140. The quantitative estimate of drug-likeness (QED) is 0.609. The van der Waals surface area contributed by atoms with Gasteiger partial charge >= 0.3 is 0 Å². The maximum atomic E-state index is 11.7. The highest BCUT2D eigenvalue weighted by atomic mass is 16.2. The Morgan fingerprint density at radius 1 is 1.57 bits per heavy atom. The number of nitrogens with zero attached hydrogens (tertiary/aromatic N) is 1.